The third kappa shape index (κ3) is 3.44. The van der Waals surface area contributed by atoms with Crippen molar-refractivity contribution in [1.29, 1.82) is 0 Å². The average Bonchev–Trinajstić information content (AvgIpc) is 3.07. The zero-order chi connectivity index (χ0) is 27.6. The number of pyridine rings is 1. The van der Waals surface area contributed by atoms with Crippen molar-refractivity contribution in [3.63, 3.8) is 0 Å². The highest BCUT2D eigenvalue weighted by molar-refractivity contribution is 7.24. The van der Waals surface area contributed by atoms with E-state index in [1.54, 1.807) is 0 Å². The first-order valence-corrected chi connectivity index (χ1v) is 14.8. The Kier molecular flexibility index (Phi) is 5.03. The van der Waals surface area contributed by atoms with Crippen LogP contribution in [0.15, 0.2) is 133 Å². The third-order valence-corrected chi connectivity index (χ3v) is 9.12. The van der Waals surface area contributed by atoms with Crippen LogP contribution in [-0.2, 0) is 0 Å². The lowest BCUT2D eigenvalue weighted by molar-refractivity contribution is 1.08. The molecular formula is C37H22N4S. The summed E-state index contributed by atoms with van der Waals surface area (Å²) in [6.45, 7) is 0. The second-order valence-corrected chi connectivity index (χ2v) is 11.5. The highest BCUT2D eigenvalue weighted by Gasteiger charge is 2.23. The standard InChI is InChI=1S/C37H22N4S/c1-3-12-23(13-4-1)35-38-36(24-14-5-2-6-15-24)40-37(39-35)28-22-32-34-33-26(17-11-18-27(28)33)25-16-7-8-19-29(25)41(34)30-20-9-10-21-31(30)42-32/h1-22H. The summed E-state index contributed by atoms with van der Waals surface area (Å²) in [5.74, 6) is 2.00. The van der Waals surface area contributed by atoms with Crippen molar-refractivity contribution < 1.29 is 0 Å². The maximum Gasteiger partial charge on any atom is 0.164 e. The van der Waals surface area contributed by atoms with E-state index in [0.717, 1.165) is 22.1 Å². The lowest BCUT2D eigenvalue weighted by atomic mass is 9.94. The predicted octanol–water partition coefficient (Wildman–Crippen LogP) is 9.78. The molecule has 0 bridgehead atoms. The summed E-state index contributed by atoms with van der Waals surface area (Å²) in [6.07, 6.45) is 0. The maximum atomic E-state index is 5.11. The molecule has 4 nitrogen and oxygen atoms in total. The van der Waals surface area contributed by atoms with E-state index in [4.69, 9.17) is 15.0 Å². The van der Waals surface area contributed by atoms with E-state index in [1.165, 1.54) is 42.3 Å². The van der Waals surface area contributed by atoms with Gasteiger partial charge in [0, 0.05) is 27.5 Å². The van der Waals surface area contributed by atoms with Crippen LogP contribution in [0.25, 0.3) is 81.8 Å². The molecule has 0 N–H and O–H groups in total. The molecule has 0 unspecified atom stereocenters. The first-order chi connectivity index (χ1) is 20.8. The minimum atomic E-state index is 0.665. The molecule has 0 aliphatic carbocycles. The first-order valence-electron chi connectivity index (χ1n) is 14.0. The van der Waals surface area contributed by atoms with Gasteiger partial charge in [-0.05, 0) is 35.0 Å². The van der Waals surface area contributed by atoms with Gasteiger partial charge in [0.05, 0.1) is 26.1 Å². The minimum Gasteiger partial charge on any atom is -0.306 e. The predicted molar refractivity (Wildman–Crippen MR) is 175 cm³/mol. The Morgan fingerprint density at radius 1 is 0.452 bits per heavy atom. The van der Waals surface area contributed by atoms with Crippen LogP contribution in [0.2, 0.25) is 0 Å². The van der Waals surface area contributed by atoms with E-state index in [-0.39, 0.29) is 0 Å². The van der Waals surface area contributed by atoms with Crippen molar-refractivity contribution in [2.75, 3.05) is 0 Å². The summed E-state index contributed by atoms with van der Waals surface area (Å²) >= 11 is 1.82. The van der Waals surface area contributed by atoms with Crippen molar-refractivity contribution >= 4 is 53.3 Å². The van der Waals surface area contributed by atoms with Gasteiger partial charge in [-0.1, -0.05) is 109 Å². The molecule has 42 heavy (non-hydrogen) atoms. The Bertz CT molecular complexity index is 2350. The van der Waals surface area contributed by atoms with Crippen LogP contribution in [-0.4, -0.2) is 19.5 Å². The smallest absolute Gasteiger partial charge is 0.164 e. The monoisotopic (exact) mass is 554 g/mol. The quantitative estimate of drug-likeness (QED) is 0.161. The van der Waals surface area contributed by atoms with Crippen LogP contribution >= 0.6 is 11.3 Å². The average molecular weight is 555 g/mol. The van der Waals surface area contributed by atoms with E-state index >= 15 is 0 Å². The Hall–Kier alpha value is -5.39. The van der Waals surface area contributed by atoms with Crippen LogP contribution in [0.3, 0.4) is 0 Å². The Balaban J connectivity index is 1.45. The molecule has 2 aliphatic rings. The molecule has 0 saturated carbocycles. The molecule has 0 saturated heterocycles. The van der Waals surface area contributed by atoms with Crippen LogP contribution in [0, 0.1) is 0 Å². The Morgan fingerprint density at radius 3 is 1.76 bits per heavy atom. The van der Waals surface area contributed by atoms with E-state index in [2.05, 4.69) is 102 Å². The SMILES string of the molecule is c1ccc(-c2nc(-c3ccccc3)nc(-c3cc4sc5ccccc5n5c6ccccc6c6cccc3c6c4-5)n2)cc1. The molecule has 7 aromatic rings. The number of benzene rings is 6. The molecule has 0 radical (unpaired) electrons. The summed E-state index contributed by atoms with van der Waals surface area (Å²) in [7, 11) is 0. The summed E-state index contributed by atoms with van der Waals surface area (Å²) < 4.78 is 4.87. The zero-order valence-electron chi connectivity index (χ0n) is 22.4. The van der Waals surface area contributed by atoms with E-state index in [9.17, 15) is 0 Å². The summed E-state index contributed by atoms with van der Waals surface area (Å²) in [6, 6.07) is 46.6. The fraction of sp³-hybridized carbons (Fsp3) is 0. The van der Waals surface area contributed by atoms with Crippen molar-refractivity contribution in [1.82, 2.24) is 19.5 Å². The lowest BCUT2D eigenvalue weighted by Crippen LogP contribution is -2.06. The maximum absolute atomic E-state index is 5.11. The molecule has 196 valence electrons. The van der Waals surface area contributed by atoms with Gasteiger partial charge in [-0.2, -0.15) is 0 Å². The number of fused-ring (bicyclic) bond motifs is 5. The number of rotatable bonds is 3. The van der Waals surface area contributed by atoms with Crippen molar-refractivity contribution in [2.24, 2.45) is 0 Å². The van der Waals surface area contributed by atoms with Crippen molar-refractivity contribution in [2.45, 2.75) is 0 Å². The third-order valence-electron chi connectivity index (χ3n) is 8.03. The molecule has 6 aromatic carbocycles. The molecule has 0 spiro atoms. The second-order valence-electron chi connectivity index (χ2n) is 10.5. The fourth-order valence-electron chi connectivity index (χ4n) is 6.18. The number of aromatic nitrogens is 4. The van der Waals surface area contributed by atoms with Crippen molar-refractivity contribution in [3.05, 3.63) is 133 Å². The van der Waals surface area contributed by atoms with Crippen LogP contribution in [0.5, 0.6) is 0 Å². The second kappa shape index (κ2) is 9.06. The van der Waals surface area contributed by atoms with E-state index in [0.29, 0.717) is 17.5 Å². The Labute approximate surface area is 245 Å². The van der Waals surface area contributed by atoms with E-state index < -0.39 is 0 Å². The summed E-state index contributed by atoms with van der Waals surface area (Å²) in [4.78, 5) is 15.1. The topological polar surface area (TPSA) is 43.6 Å². The highest BCUT2D eigenvalue weighted by atomic mass is 32.1. The van der Waals surface area contributed by atoms with Crippen LogP contribution in [0.1, 0.15) is 0 Å². The van der Waals surface area contributed by atoms with Gasteiger partial charge in [0.1, 0.15) is 0 Å². The van der Waals surface area contributed by atoms with Gasteiger partial charge in [0.15, 0.2) is 17.5 Å². The van der Waals surface area contributed by atoms with Gasteiger partial charge < -0.3 is 4.57 Å². The lowest BCUT2D eigenvalue weighted by Gasteiger charge is -2.24. The fourth-order valence-corrected chi connectivity index (χ4v) is 7.30. The Morgan fingerprint density at radius 2 is 1.02 bits per heavy atom. The molecule has 0 amide bonds. The van der Waals surface area contributed by atoms with Gasteiger partial charge in [0.2, 0.25) is 0 Å². The van der Waals surface area contributed by atoms with Gasteiger partial charge in [-0.25, -0.2) is 15.0 Å². The molecule has 3 heterocycles. The van der Waals surface area contributed by atoms with Crippen molar-refractivity contribution in [3.8, 4) is 39.9 Å². The highest BCUT2D eigenvalue weighted by Crippen LogP contribution is 2.46. The molecule has 0 fully saturated rings. The molecule has 2 aliphatic heterocycles. The summed E-state index contributed by atoms with van der Waals surface area (Å²) in [5.41, 5.74) is 6.58. The van der Waals surface area contributed by atoms with Crippen LogP contribution < -0.4 is 0 Å². The molecule has 1 aromatic heterocycles. The number of para-hydroxylation sites is 2. The minimum absolute atomic E-state index is 0.665. The zero-order valence-corrected chi connectivity index (χ0v) is 23.2. The molecule has 9 rings (SSSR count). The summed E-state index contributed by atoms with van der Waals surface area (Å²) in [5, 5.41) is 4.83. The number of nitrogens with zero attached hydrogens (tertiary/aromatic N) is 4. The van der Waals surface area contributed by atoms with Gasteiger partial charge in [0.25, 0.3) is 0 Å². The molecule has 5 heteroatoms. The first kappa shape index (κ1) is 23.3. The van der Waals surface area contributed by atoms with Gasteiger partial charge >= 0.3 is 0 Å². The largest absolute Gasteiger partial charge is 0.306 e. The normalized spacial score (nSPS) is 11.8. The number of hydrogen-bond donors (Lipinski definition) is 0. The molecular weight excluding hydrogens is 533 g/mol. The van der Waals surface area contributed by atoms with Crippen LogP contribution in [0.4, 0.5) is 0 Å². The molecule has 0 atom stereocenters. The van der Waals surface area contributed by atoms with E-state index in [1.807, 2.05) is 47.7 Å². The van der Waals surface area contributed by atoms with Gasteiger partial charge in [-0.3, -0.25) is 0 Å². The number of hydrogen-bond acceptors (Lipinski definition) is 4. The van der Waals surface area contributed by atoms with Gasteiger partial charge in [-0.15, -0.1) is 11.3 Å².